The molecule has 1 N–H and O–H groups in total. The highest BCUT2D eigenvalue weighted by atomic mass is 16.5. The highest BCUT2D eigenvalue weighted by Gasteiger charge is 1.98. The van der Waals surface area contributed by atoms with Gasteiger partial charge in [-0.05, 0) is 48.5 Å². The van der Waals surface area contributed by atoms with Gasteiger partial charge in [-0.2, -0.15) is 0 Å². The molecule has 5 heteroatoms. The van der Waals surface area contributed by atoms with Gasteiger partial charge in [0, 0.05) is 5.69 Å². The van der Waals surface area contributed by atoms with E-state index >= 15 is 0 Å². The highest BCUT2D eigenvalue weighted by Crippen LogP contribution is 2.21. The van der Waals surface area contributed by atoms with E-state index in [2.05, 4.69) is 5.43 Å². The molecule has 2 aromatic rings. The number of ether oxygens (including phenoxy) is 2. The first kappa shape index (κ1) is 13.0. The Balaban J connectivity index is 2.04. The molecule has 0 unspecified atom stereocenters. The van der Waals surface area contributed by atoms with Crippen LogP contribution in [-0.4, -0.2) is 14.2 Å². The Labute approximate surface area is 111 Å². The number of rotatable bonds is 5. The molecule has 0 aliphatic carbocycles. The summed E-state index contributed by atoms with van der Waals surface area (Å²) in [6.45, 7) is 0. The van der Waals surface area contributed by atoms with E-state index in [1.165, 1.54) is 0 Å². The molecule has 0 bridgehead atoms. The molecular weight excluding hydrogens is 244 g/mol. The number of hydrogen-bond acceptors (Lipinski definition) is 5. The van der Waals surface area contributed by atoms with Crippen LogP contribution in [0.2, 0.25) is 0 Å². The summed E-state index contributed by atoms with van der Waals surface area (Å²) in [5.41, 5.74) is 3.91. The molecule has 0 fully saturated rings. The second-order valence-corrected chi connectivity index (χ2v) is 3.83. The summed E-state index contributed by atoms with van der Waals surface area (Å²) in [6.07, 6.45) is 0. The lowest BCUT2D eigenvalue weighted by Crippen LogP contribution is -2.22. The number of nitrogens with one attached hydrogen (secondary N) is 1. The Bertz CT molecular complexity index is 511. The van der Waals surface area contributed by atoms with E-state index in [1.807, 2.05) is 0 Å². The van der Waals surface area contributed by atoms with Crippen molar-refractivity contribution in [2.75, 3.05) is 24.8 Å². The zero-order chi connectivity index (χ0) is 13.7. The number of hydrogen-bond donors (Lipinski definition) is 1. The molecule has 0 saturated carbocycles. The summed E-state index contributed by atoms with van der Waals surface area (Å²) >= 11 is 0. The Kier molecular flexibility index (Phi) is 4.10. The van der Waals surface area contributed by atoms with Gasteiger partial charge in [-0.1, -0.05) is 0 Å². The maximum atomic E-state index is 11.9. The molecule has 0 aliphatic rings. The minimum absolute atomic E-state index is 0.497. The van der Waals surface area contributed by atoms with Crippen LogP contribution in [0.3, 0.4) is 0 Å². The van der Waals surface area contributed by atoms with Crippen LogP contribution in [0, 0.1) is 5.21 Å². The van der Waals surface area contributed by atoms with Crippen molar-refractivity contribution in [3.8, 4) is 11.5 Å². The lowest BCUT2D eigenvalue weighted by atomic mass is 10.3. The summed E-state index contributed by atoms with van der Waals surface area (Å²) in [4.78, 5) is 0. The third-order valence-corrected chi connectivity index (χ3v) is 2.63. The van der Waals surface area contributed by atoms with Crippen molar-refractivity contribution in [1.82, 2.24) is 0 Å². The minimum Gasteiger partial charge on any atom is -0.739 e. The van der Waals surface area contributed by atoms with Gasteiger partial charge in [-0.25, -0.2) is 0 Å². The quantitative estimate of drug-likeness (QED) is 0.836. The summed E-state index contributed by atoms with van der Waals surface area (Å²) < 4.78 is 10.1. The van der Waals surface area contributed by atoms with Crippen molar-refractivity contribution in [1.29, 1.82) is 0 Å². The van der Waals surface area contributed by atoms with Gasteiger partial charge < -0.3 is 25.3 Å². The van der Waals surface area contributed by atoms with Crippen LogP contribution in [0.25, 0.3) is 0 Å². The monoisotopic (exact) mass is 259 g/mol. The molecule has 0 amide bonds. The Morgan fingerprint density at radius 2 is 1.32 bits per heavy atom. The van der Waals surface area contributed by atoms with E-state index in [0.717, 1.165) is 5.75 Å². The predicted molar refractivity (Wildman–Crippen MR) is 75.5 cm³/mol. The largest absolute Gasteiger partial charge is 0.739 e. The molecule has 2 aromatic carbocycles. The average molecular weight is 259 g/mol. The Morgan fingerprint density at radius 3 is 1.79 bits per heavy atom. The van der Waals surface area contributed by atoms with Crippen LogP contribution in [0.4, 0.5) is 11.4 Å². The molecule has 0 aliphatic heterocycles. The Morgan fingerprint density at radius 1 is 0.842 bits per heavy atom. The fourth-order valence-electron chi connectivity index (χ4n) is 1.56. The molecule has 0 heterocycles. The summed E-state index contributed by atoms with van der Waals surface area (Å²) in [7, 11) is 3.18. The van der Waals surface area contributed by atoms with Gasteiger partial charge in [0.1, 0.15) is 11.5 Å². The first-order valence-electron chi connectivity index (χ1n) is 5.75. The third kappa shape index (κ3) is 3.29. The molecule has 0 spiro atoms. The van der Waals surface area contributed by atoms with E-state index < -0.39 is 0 Å². The Hall–Kier alpha value is -2.40. The molecular formula is C14H15N2O3-. The zero-order valence-corrected chi connectivity index (χ0v) is 10.8. The van der Waals surface area contributed by atoms with Gasteiger partial charge in [-0.3, -0.25) is 0 Å². The standard InChI is InChI=1S/C14H15N2O3/c1-18-13-7-3-11(4-8-13)15-16(17)12-5-9-14(19-2)10-6-12/h3-10,15H,1-2H3/q-1. The number of hydrazine groups is 1. The second-order valence-electron chi connectivity index (χ2n) is 3.83. The molecule has 0 atom stereocenters. The van der Waals surface area contributed by atoms with Gasteiger partial charge >= 0.3 is 0 Å². The van der Waals surface area contributed by atoms with Gasteiger partial charge in [0.25, 0.3) is 0 Å². The van der Waals surface area contributed by atoms with Crippen molar-refractivity contribution < 1.29 is 9.47 Å². The molecule has 0 aromatic heterocycles. The number of anilines is 2. The number of benzene rings is 2. The van der Waals surface area contributed by atoms with Crippen molar-refractivity contribution in [2.45, 2.75) is 0 Å². The fourth-order valence-corrected chi connectivity index (χ4v) is 1.56. The van der Waals surface area contributed by atoms with Crippen LogP contribution in [0.5, 0.6) is 11.5 Å². The summed E-state index contributed by atoms with van der Waals surface area (Å²) in [6, 6.07) is 13.9. The first-order chi connectivity index (χ1) is 9.22. The maximum absolute atomic E-state index is 11.9. The predicted octanol–water partition coefficient (Wildman–Crippen LogP) is 3.04. The molecule has 2 rings (SSSR count). The molecule has 5 nitrogen and oxygen atoms in total. The number of methoxy groups -OCH3 is 2. The normalized spacial score (nSPS) is 9.84. The summed E-state index contributed by atoms with van der Waals surface area (Å²) in [5, 5.41) is 12.6. The zero-order valence-electron chi connectivity index (χ0n) is 10.8. The first-order valence-corrected chi connectivity index (χ1v) is 5.75. The summed E-state index contributed by atoms with van der Waals surface area (Å²) in [5.74, 6) is 1.45. The SMILES string of the molecule is COc1ccc(NN([O-])c2ccc(OC)cc2)cc1. The van der Waals surface area contributed by atoms with Crippen LogP contribution in [-0.2, 0) is 0 Å². The van der Waals surface area contributed by atoms with Crippen molar-refractivity contribution >= 4 is 11.4 Å². The van der Waals surface area contributed by atoms with Gasteiger partial charge in [0.05, 0.1) is 19.9 Å². The van der Waals surface area contributed by atoms with E-state index in [4.69, 9.17) is 9.47 Å². The molecule has 0 saturated heterocycles. The van der Waals surface area contributed by atoms with E-state index in [-0.39, 0.29) is 0 Å². The lowest BCUT2D eigenvalue weighted by Gasteiger charge is -2.31. The van der Waals surface area contributed by atoms with Crippen LogP contribution in [0.1, 0.15) is 0 Å². The van der Waals surface area contributed by atoms with Crippen LogP contribution < -0.4 is 20.1 Å². The van der Waals surface area contributed by atoms with Crippen LogP contribution >= 0.6 is 0 Å². The van der Waals surface area contributed by atoms with Gasteiger partial charge in [0.2, 0.25) is 0 Å². The topological polar surface area (TPSA) is 56.8 Å². The van der Waals surface area contributed by atoms with Crippen molar-refractivity contribution in [2.24, 2.45) is 0 Å². The average Bonchev–Trinajstić information content (AvgIpc) is 2.48. The van der Waals surface area contributed by atoms with Crippen molar-refractivity contribution in [3.63, 3.8) is 0 Å². The van der Waals surface area contributed by atoms with Gasteiger partial charge in [-0.15, -0.1) is 0 Å². The van der Waals surface area contributed by atoms with Crippen molar-refractivity contribution in [3.05, 3.63) is 53.7 Å². The highest BCUT2D eigenvalue weighted by molar-refractivity contribution is 5.57. The smallest absolute Gasteiger partial charge is 0.119 e. The van der Waals surface area contributed by atoms with E-state index in [0.29, 0.717) is 22.3 Å². The minimum atomic E-state index is 0.497. The third-order valence-electron chi connectivity index (χ3n) is 2.63. The van der Waals surface area contributed by atoms with Gasteiger partial charge in [0.15, 0.2) is 0 Å². The maximum Gasteiger partial charge on any atom is 0.119 e. The molecule has 100 valence electrons. The molecule has 0 radical (unpaired) electrons. The fraction of sp³-hybridized carbons (Fsp3) is 0.143. The second kappa shape index (κ2) is 5.97. The number of nitrogens with zero attached hydrogens (tertiary/aromatic N) is 1. The van der Waals surface area contributed by atoms with E-state index in [1.54, 1.807) is 62.8 Å². The lowest BCUT2D eigenvalue weighted by molar-refractivity contribution is 0.414. The van der Waals surface area contributed by atoms with E-state index in [9.17, 15) is 5.21 Å². The van der Waals surface area contributed by atoms with Crippen LogP contribution in [0.15, 0.2) is 48.5 Å². The molecule has 19 heavy (non-hydrogen) atoms.